The molecular weight excluding hydrogens is 489 g/mol. The molecule has 11 heteroatoms. The van der Waals surface area contributed by atoms with Crippen molar-refractivity contribution in [2.24, 2.45) is 0 Å². The molecule has 1 atom stereocenters. The van der Waals surface area contributed by atoms with Gasteiger partial charge in [-0.05, 0) is 65.8 Å². The summed E-state index contributed by atoms with van der Waals surface area (Å²) in [6.07, 6.45) is -5.34. The van der Waals surface area contributed by atoms with E-state index in [1.165, 1.54) is 22.8 Å². The normalized spacial score (nSPS) is 16.5. The Morgan fingerprint density at radius 3 is 1.95 bits per heavy atom. The highest BCUT2D eigenvalue weighted by molar-refractivity contribution is 5.40. The van der Waals surface area contributed by atoms with E-state index in [1.807, 2.05) is 18.7 Å². The van der Waals surface area contributed by atoms with Crippen LogP contribution in [0.4, 0.5) is 19.0 Å². The van der Waals surface area contributed by atoms with Crippen molar-refractivity contribution in [1.29, 1.82) is 0 Å². The predicted molar refractivity (Wildman–Crippen MR) is 137 cm³/mol. The minimum Gasteiger partial charge on any atom is -0.485 e. The van der Waals surface area contributed by atoms with Gasteiger partial charge in [-0.15, -0.1) is 0 Å². The fourth-order valence-electron chi connectivity index (χ4n) is 4.47. The number of β-amino-alcohol motifs (C(OH)–C–C–N with tert-alkyl or cyclic N) is 1. The first-order chi connectivity index (χ1) is 17.1. The quantitative estimate of drug-likeness (QED) is 0.567. The maximum absolute atomic E-state index is 13.1. The molecular formula is C26H37F3N4O4. The number of anilines is 1. The average Bonchev–Trinajstić information content (AvgIpc) is 2.78. The largest absolute Gasteiger partial charge is 0.485 e. The Hall–Kier alpha value is -2.79. The van der Waals surface area contributed by atoms with Gasteiger partial charge in [0.2, 0.25) is 0 Å². The molecule has 0 bridgehead atoms. The molecule has 3 rings (SSSR count). The van der Waals surface area contributed by atoms with Crippen molar-refractivity contribution in [3.8, 4) is 5.75 Å². The third-order valence-corrected chi connectivity index (χ3v) is 6.67. The van der Waals surface area contributed by atoms with Crippen LogP contribution in [0, 0.1) is 0 Å². The third kappa shape index (κ3) is 6.56. The summed E-state index contributed by atoms with van der Waals surface area (Å²) >= 11 is 0. The molecule has 0 aliphatic carbocycles. The van der Waals surface area contributed by atoms with Crippen molar-refractivity contribution in [2.45, 2.75) is 71.5 Å². The summed E-state index contributed by atoms with van der Waals surface area (Å²) in [7, 11) is 0. The number of piperazine rings is 1. The van der Waals surface area contributed by atoms with Crippen LogP contribution in [-0.2, 0) is 6.18 Å². The monoisotopic (exact) mass is 526 g/mol. The van der Waals surface area contributed by atoms with Gasteiger partial charge in [0.25, 0.3) is 5.56 Å². The van der Waals surface area contributed by atoms with Gasteiger partial charge in [-0.2, -0.15) is 13.2 Å². The first-order valence-electron chi connectivity index (χ1n) is 12.5. The maximum atomic E-state index is 13.1. The fraction of sp³-hybridized carbons (Fsp3) is 0.615. The van der Waals surface area contributed by atoms with Crippen LogP contribution in [0.3, 0.4) is 0 Å². The predicted octanol–water partition coefficient (Wildman–Crippen LogP) is 3.53. The second kappa shape index (κ2) is 10.9. The maximum Gasteiger partial charge on any atom is 0.416 e. The number of aliphatic hydroxyl groups excluding tert-OH is 1. The average molecular weight is 527 g/mol. The molecule has 206 valence electrons. The fourth-order valence-corrected chi connectivity index (χ4v) is 4.47. The molecule has 1 aliphatic heterocycles. The summed E-state index contributed by atoms with van der Waals surface area (Å²) in [5, 5.41) is 10.9. The molecule has 2 heterocycles. The van der Waals surface area contributed by atoms with Crippen molar-refractivity contribution in [3.63, 3.8) is 0 Å². The molecule has 1 N–H and O–H groups in total. The van der Waals surface area contributed by atoms with Gasteiger partial charge >= 0.3 is 11.9 Å². The standard InChI is InChI=1S/C26H37F3N4O4/c1-17(2)32-22(15-23(35)33(18(3)4)24(32)36)31-13-11-30(12-14-31)16-21(34)25(5,6)37-20-9-7-19(8-10-20)26(27,28)29/h7-10,15,17-18,21,34H,11-14,16H2,1-6H3. The van der Waals surface area contributed by atoms with Crippen LogP contribution in [0.1, 0.15) is 59.2 Å². The van der Waals surface area contributed by atoms with Crippen molar-refractivity contribution in [2.75, 3.05) is 37.6 Å². The molecule has 1 saturated heterocycles. The van der Waals surface area contributed by atoms with E-state index in [0.29, 0.717) is 38.5 Å². The van der Waals surface area contributed by atoms with E-state index in [9.17, 15) is 27.9 Å². The van der Waals surface area contributed by atoms with Crippen molar-refractivity contribution in [3.05, 3.63) is 56.7 Å². The van der Waals surface area contributed by atoms with E-state index in [1.54, 1.807) is 32.3 Å². The summed E-state index contributed by atoms with van der Waals surface area (Å²) in [6.45, 7) is 13.4. The Morgan fingerprint density at radius 2 is 1.46 bits per heavy atom. The van der Waals surface area contributed by atoms with Gasteiger partial charge in [-0.25, -0.2) is 4.79 Å². The molecule has 1 aromatic heterocycles. The summed E-state index contributed by atoms with van der Waals surface area (Å²) < 4.78 is 47.2. The molecule has 1 aromatic carbocycles. The third-order valence-electron chi connectivity index (χ3n) is 6.67. The Balaban J connectivity index is 1.66. The zero-order valence-electron chi connectivity index (χ0n) is 22.2. The Bertz CT molecular complexity index is 1180. The molecule has 1 aliphatic rings. The lowest BCUT2D eigenvalue weighted by Gasteiger charge is -2.40. The van der Waals surface area contributed by atoms with Crippen molar-refractivity contribution >= 4 is 5.82 Å². The summed E-state index contributed by atoms with van der Waals surface area (Å²) in [4.78, 5) is 29.8. The van der Waals surface area contributed by atoms with Crippen LogP contribution in [-0.4, -0.2) is 63.6 Å². The summed E-state index contributed by atoms with van der Waals surface area (Å²) in [5.41, 5.74) is -2.46. The minimum atomic E-state index is -4.43. The number of aromatic nitrogens is 2. The number of benzene rings is 1. The number of halogens is 3. The van der Waals surface area contributed by atoms with Crippen molar-refractivity contribution in [1.82, 2.24) is 14.0 Å². The number of hydrogen-bond acceptors (Lipinski definition) is 6. The van der Waals surface area contributed by atoms with Gasteiger partial charge < -0.3 is 14.7 Å². The smallest absolute Gasteiger partial charge is 0.416 e. The van der Waals surface area contributed by atoms with Crippen LogP contribution >= 0.6 is 0 Å². The molecule has 37 heavy (non-hydrogen) atoms. The molecule has 1 fully saturated rings. The van der Waals surface area contributed by atoms with Gasteiger partial charge in [0.15, 0.2) is 0 Å². The van der Waals surface area contributed by atoms with Gasteiger partial charge in [0, 0.05) is 50.9 Å². The molecule has 1 unspecified atom stereocenters. The highest BCUT2D eigenvalue weighted by atomic mass is 19.4. The van der Waals surface area contributed by atoms with Crippen LogP contribution in [0.2, 0.25) is 0 Å². The minimum absolute atomic E-state index is 0.129. The van der Waals surface area contributed by atoms with E-state index in [-0.39, 0.29) is 29.1 Å². The molecule has 0 saturated carbocycles. The lowest BCUT2D eigenvalue weighted by atomic mass is 10.0. The second-order valence-electron chi connectivity index (χ2n) is 10.6. The molecule has 0 amide bonds. The molecule has 0 radical (unpaired) electrons. The zero-order chi connectivity index (χ0) is 27.7. The SMILES string of the molecule is CC(C)n1c(N2CCN(CC(O)C(C)(C)Oc3ccc(C(F)(F)F)cc3)CC2)cc(=O)n(C(C)C)c1=O. The Labute approximate surface area is 214 Å². The number of ether oxygens (including phenoxy) is 1. The highest BCUT2D eigenvalue weighted by Crippen LogP contribution is 2.31. The van der Waals surface area contributed by atoms with Crippen LogP contribution in [0.5, 0.6) is 5.75 Å². The van der Waals surface area contributed by atoms with Crippen molar-refractivity contribution < 1.29 is 23.0 Å². The number of nitrogens with zero attached hydrogens (tertiary/aromatic N) is 4. The van der Waals surface area contributed by atoms with Gasteiger partial charge in [0.1, 0.15) is 23.3 Å². The van der Waals surface area contributed by atoms with Crippen LogP contribution in [0.15, 0.2) is 39.9 Å². The second-order valence-corrected chi connectivity index (χ2v) is 10.6. The highest BCUT2D eigenvalue weighted by Gasteiger charge is 2.34. The van der Waals surface area contributed by atoms with Crippen LogP contribution < -0.4 is 20.9 Å². The van der Waals surface area contributed by atoms with E-state index in [4.69, 9.17) is 4.74 Å². The van der Waals surface area contributed by atoms with Crippen LogP contribution in [0.25, 0.3) is 0 Å². The number of aliphatic hydroxyl groups is 1. The number of rotatable bonds is 8. The molecule has 8 nitrogen and oxygen atoms in total. The lowest BCUT2D eigenvalue weighted by molar-refractivity contribution is -0.137. The first kappa shape index (κ1) is 28.8. The van der Waals surface area contributed by atoms with E-state index >= 15 is 0 Å². The molecule has 0 spiro atoms. The lowest BCUT2D eigenvalue weighted by Crippen LogP contribution is -2.54. The summed E-state index contributed by atoms with van der Waals surface area (Å²) in [5.74, 6) is 0.831. The summed E-state index contributed by atoms with van der Waals surface area (Å²) in [6, 6.07) is 5.55. The van der Waals surface area contributed by atoms with Gasteiger partial charge in [-0.3, -0.25) is 18.8 Å². The zero-order valence-corrected chi connectivity index (χ0v) is 22.2. The van der Waals surface area contributed by atoms with Gasteiger partial charge in [0.05, 0.1) is 5.56 Å². The number of hydrogen-bond donors (Lipinski definition) is 1. The number of alkyl halides is 3. The van der Waals surface area contributed by atoms with E-state index in [2.05, 4.69) is 4.90 Å². The topological polar surface area (TPSA) is 79.9 Å². The van der Waals surface area contributed by atoms with Gasteiger partial charge in [-0.1, -0.05) is 0 Å². The Kier molecular flexibility index (Phi) is 8.48. The van der Waals surface area contributed by atoms with E-state index < -0.39 is 23.4 Å². The van der Waals surface area contributed by atoms with E-state index in [0.717, 1.165) is 12.1 Å². The molecule has 2 aromatic rings. The Morgan fingerprint density at radius 1 is 0.919 bits per heavy atom. The first-order valence-corrected chi connectivity index (χ1v) is 12.5.